The van der Waals surface area contributed by atoms with Gasteiger partial charge in [-0.3, -0.25) is 0 Å². The van der Waals surface area contributed by atoms with Gasteiger partial charge in [-0.25, -0.2) is 4.98 Å². The molecule has 0 aliphatic heterocycles. The van der Waals surface area contributed by atoms with Crippen molar-refractivity contribution in [1.29, 1.82) is 0 Å². The van der Waals surface area contributed by atoms with Crippen LogP contribution >= 0.6 is 0 Å². The van der Waals surface area contributed by atoms with Crippen LogP contribution in [0.2, 0.25) is 0 Å². The number of nitrogens with zero attached hydrogens (tertiary/aromatic N) is 2. The largest absolute Gasteiger partial charge is 0.390 e. The van der Waals surface area contributed by atoms with Crippen LogP contribution in [0.3, 0.4) is 0 Å². The summed E-state index contributed by atoms with van der Waals surface area (Å²) in [5, 5.41) is 9.61. The summed E-state index contributed by atoms with van der Waals surface area (Å²) in [5.74, 6) is 0. The number of aliphatic hydroxyl groups excluding tert-OH is 1. The molecule has 0 spiro atoms. The molecule has 0 aliphatic rings. The number of aryl methyl sites for hydroxylation is 1. The maximum atomic E-state index is 9.61. The second-order valence-electron chi connectivity index (χ2n) is 4.76. The molecule has 0 saturated heterocycles. The van der Waals surface area contributed by atoms with E-state index in [1.807, 2.05) is 47.9 Å². The molecule has 0 aliphatic carbocycles. The summed E-state index contributed by atoms with van der Waals surface area (Å²) in [5.41, 5.74) is 5.07. The van der Waals surface area contributed by atoms with Crippen LogP contribution in [0.4, 0.5) is 0 Å². The number of rotatable bonds is 3. The Hall–Kier alpha value is -2.13. The van der Waals surface area contributed by atoms with Crippen LogP contribution in [0.15, 0.2) is 48.7 Å². The highest BCUT2D eigenvalue weighted by atomic mass is 16.3. The van der Waals surface area contributed by atoms with Gasteiger partial charge < -0.3 is 9.51 Å². The fourth-order valence-corrected chi connectivity index (χ4v) is 2.35. The van der Waals surface area contributed by atoms with E-state index >= 15 is 0 Å². The molecule has 2 aromatic heterocycles. The summed E-state index contributed by atoms with van der Waals surface area (Å²) in [4.78, 5) is 4.62. The Morgan fingerprint density at radius 1 is 1.11 bits per heavy atom. The molecule has 2 heterocycles. The summed E-state index contributed by atoms with van der Waals surface area (Å²) >= 11 is 0. The molecule has 0 amide bonds. The molecule has 96 valence electrons. The Bertz CT molecular complexity index is 701. The summed E-state index contributed by atoms with van der Waals surface area (Å²) in [6, 6.07) is 14.2. The molecule has 0 atom stereocenters. The van der Waals surface area contributed by atoms with E-state index in [1.165, 1.54) is 5.56 Å². The first-order valence-electron chi connectivity index (χ1n) is 6.39. The van der Waals surface area contributed by atoms with Gasteiger partial charge in [-0.2, -0.15) is 0 Å². The fraction of sp³-hybridized carbons (Fsp3) is 0.188. The zero-order chi connectivity index (χ0) is 13.2. The van der Waals surface area contributed by atoms with Crippen LogP contribution in [-0.4, -0.2) is 14.5 Å². The third-order valence-corrected chi connectivity index (χ3v) is 3.31. The van der Waals surface area contributed by atoms with Gasteiger partial charge in [0, 0.05) is 12.6 Å². The van der Waals surface area contributed by atoms with E-state index < -0.39 is 0 Å². The molecule has 1 aromatic carbocycles. The minimum absolute atomic E-state index is 0.00673. The van der Waals surface area contributed by atoms with Crippen LogP contribution in [0.1, 0.15) is 22.5 Å². The zero-order valence-electron chi connectivity index (χ0n) is 10.9. The number of aliphatic hydroxyl groups is 1. The number of aromatic nitrogens is 2. The molecule has 0 saturated carbocycles. The molecule has 3 nitrogen and oxygen atoms in total. The van der Waals surface area contributed by atoms with Gasteiger partial charge in [0.2, 0.25) is 0 Å². The third kappa shape index (κ3) is 2.25. The van der Waals surface area contributed by atoms with Gasteiger partial charge in [-0.05, 0) is 24.1 Å². The van der Waals surface area contributed by atoms with Crippen molar-refractivity contribution in [3.05, 3.63) is 71.2 Å². The predicted octanol–water partition coefficient (Wildman–Crippen LogP) is 2.73. The minimum Gasteiger partial charge on any atom is -0.390 e. The standard InChI is InChI=1S/C16H16N2O/c1-12-7-8-16-17-14(15(11-19)18(16)10-12)9-13-5-3-2-4-6-13/h2-8,10,19H,9,11H2,1H3. The lowest BCUT2D eigenvalue weighted by atomic mass is 10.1. The van der Waals surface area contributed by atoms with E-state index in [2.05, 4.69) is 17.1 Å². The monoisotopic (exact) mass is 252 g/mol. The Labute approximate surface area is 112 Å². The van der Waals surface area contributed by atoms with Gasteiger partial charge in [0.05, 0.1) is 18.0 Å². The fourth-order valence-electron chi connectivity index (χ4n) is 2.35. The highest BCUT2D eigenvalue weighted by Crippen LogP contribution is 2.17. The quantitative estimate of drug-likeness (QED) is 0.778. The number of pyridine rings is 1. The van der Waals surface area contributed by atoms with E-state index in [-0.39, 0.29) is 6.61 Å². The average molecular weight is 252 g/mol. The van der Waals surface area contributed by atoms with Crippen LogP contribution in [-0.2, 0) is 13.0 Å². The minimum atomic E-state index is 0.00673. The van der Waals surface area contributed by atoms with E-state index in [4.69, 9.17) is 0 Å². The number of fused-ring (bicyclic) bond motifs is 1. The SMILES string of the molecule is Cc1ccc2nc(Cc3ccccc3)c(CO)n2c1. The highest BCUT2D eigenvalue weighted by Gasteiger charge is 2.11. The second-order valence-corrected chi connectivity index (χ2v) is 4.76. The molecule has 0 radical (unpaired) electrons. The lowest BCUT2D eigenvalue weighted by Crippen LogP contribution is -1.98. The van der Waals surface area contributed by atoms with E-state index in [0.717, 1.165) is 29.0 Å². The topological polar surface area (TPSA) is 37.5 Å². The molecular weight excluding hydrogens is 236 g/mol. The average Bonchev–Trinajstić information content (AvgIpc) is 2.76. The van der Waals surface area contributed by atoms with Crippen molar-refractivity contribution in [3.63, 3.8) is 0 Å². The predicted molar refractivity (Wildman–Crippen MR) is 75.1 cm³/mol. The molecule has 3 rings (SSSR count). The normalized spacial score (nSPS) is 11.1. The number of benzene rings is 1. The molecule has 1 N–H and O–H groups in total. The molecule has 3 aromatic rings. The van der Waals surface area contributed by atoms with Crippen molar-refractivity contribution < 1.29 is 5.11 Å². The number of imidazole rings is 1. The van der Waals surface area contributed by atoms with Crippen molar-refractivity contribution in [3.8, 4) is 0 Å². The Balaban J connectivity index is 2.08. The lowest BCUT2D eigenvalue weighted by molar-refractivity contribution is 0.274. The molecule has 19 heavy (non-hydrogen) atoms. The van der Waals surface area contributed by atoms with Gasteiger partial charge in [-0.1, -0.05) is 36.4 Å². The zero-order valence-corrected chi connectivity index (χ0v) is 10.9. The molecule has 0 bridgehead atoms. The van der Waals surface area contributed by atoms with Gasteiger partial charge in [0.1, 0.15) is 5.65 Å². The molecular formula is C16H16N2O. The van der Waals surface area contributed by atoms with E-state index in [0.29, 0.717) is 0 Å². The van der Waals surface area contributed by atoms with Crippen molar-refractivity contribution in [2.45, 2.75) is 20.0 Å². The first kappa shape index (κ1) is 11.9. The van der Waals surface area contributed by atoms with Gasteiger partial charge >= 0.3 is 0 Å². The van der Waals surface area contributed by atoms with E-state index in [1.54, 1.807) is 0 Å². The first-order valence-corrected chi connectivity index (χ1v) is 6.39. The summed E-state index contributed by atoms with van der Waals surface area (Å²) in [7, 11) is 0. The molecule has 0 unspecified atom stereocenters. The smallest absolute Gasteiger partial charge is 0.137 e. The van der Waals surface area contributed by atoms with Crippen molar-refractivity contribution in [1.82, 2.24) is 9.38 Å². The van der Waals surface area contributed by atoms with Crippen molar-refractivity contribution in [2.75, 3.05) is 0 Å². The van der Waals surface area contributed by atoms with Crippen molar-refractivity contribution in [2.24, 2.45) is 0 Å². The maximum absolute atomic E-state index is 9.61. The third-order valence-electron chi connectivity index (χ3n) is 3.31. The number of hydrogen-bond donors (Lipinski definition) is 1. The highest BCUT2D eigenvalue weighted by molar-refractivity contribution is 5.45. The van der Waals surface area contributed by atoms with Crippen LogP contribution in [0, 0.1) is 6.92 Å². The number of hydrogen-bond acceptors (Lipinski definition) is 2. The van der Waals surface area contributed by atoms with E-state index in [9.17, 15) is 5.11 Å². The Morgan fingerprint density at radius 2 is 1.89 bits per heavy atom. The summed E-state index contributed by atoms with van der Waals surface area (Å²) in [6.45, 7) is 2.05. The molecule has 3 heteroatoms. The first-order chi connectivity index (χ1) is 9.28. The van der Waals surface area contributed by atoms with Crippen LogP contribution in [0.5, 0.6) is 0 Å². The second kappa shape index (κ2) is 4.86. The summed E-state index contributed by atoms with van der Waals surface area (Å²) in [6.07, 6.45) is 2.76. The Kier molecular flexibility index (Phi) is 3.05. The van der Waals surface area contributed by atoms with Gasteiger partial charge in [0.25, 0.3) is 0 Å². The molecule has 0 fully saturated rings. The van der Waals surface area contributed by atoms with Gasteiger partial charge in [-0.15, -0.1) is 0 Å². The van der Waals surface area contributed by atoms with Crippen LogP contribution < -0.4 is 0 Å². The lowest BCUT2D eigenvalue weighted by Gasteiger charge is -2.02. The maximum Gasteiger partial charge on any atom is 0.137 e. The summed E-state index contributed by atoms with van der Waals surface area (Å²) < 4.78 is 1.98. The Morgan fingerprint density at radius 3 is 2.63 bits per heavy atom. The van der Waals surface area contributed by atoms with Gasteiger partial charge in [0.15, 0.2) is 0 Å². The van der Waals surface area contributed by atoms with Crippen molar-refractivity contribution >= 4 is 5.65 Å². The van der Waals surface area contributed by atoms with Crippen LogP contribution in [0.25, 0.3) is 5.65 Å².